The van der Waals surface area contributed by atoms with Gasteiger partial charge in [-0.25, -0.2) is 9.36 Å². The van der Waals surface area contributed by atoms with Gasteiger partial charge in [0.15, 0.2) is 0 Å². The first kappa shape index (κ1) is 12.9. The molecule has 6 nitrogen and oxygen atoms in total. The van der Waals surface area contributed by atoms with Crippen LogP contribution < -0.4 is 21.9 Å². The van der Waals surface area contributed by atoms with E-state index >= 15 is 0 Å². The number of rotatable bonds is 4. The normalized spacial score (nSPS) is 9.76. The number of hydrogen-bond acceptors (Lipinski definition) is 4. The maximum absolute atomic E-state index is 12.0. The van der Waals surface area contributed by atoms with Gasteiger partial charge in [0.05, 0.1) is 6.54 Å². The van der Waals surface area contributed by atoms with Crippen molar-refractivity contribution in [2.75, 3.05) is 24.7 Å². The summed E-state index contributed by atoms with van der Waals surface area (Å²) in [7, 11) is 3.29. The number of terminal acetylenes is 1. The van der Waals surface area contributed by atoms with Crippen LogP contribution in [0.15, 0.2) is 9.59 Å². The van der Waals surface area contributed by atoms with Gasteiger partial charge in [0, 0.05) is 20.6 Å². The van der Waals surface area contributed by atoms with E-state index in [1.54, 1.807) is 14.1 Å². The van der Waals surface area contributed by atoms with Crippen molar-refractivity contribution >= 4 is 11.5 Å². The van der Waals surface area contributed by atoms with Gasteiger partial charge in [0.25, 0.3) is 5.56 Å². The highest BCUT2D eigenvalue weighted by atomic mass is 16.2. The Labute approximate surface area is 99.3 Å². The Bertz CT molecular complexity index is 523. The third-order valence-corrected chi connectivity index (χ3v) is 2.48. The second-order valence-electron chi connectivity index (χ2n) is 3.35. The molecule has 0 unspecified atom stereocenters. The molecule has 0 aliphatic rings. The van der Waals surface area contributed by atoms with E-state index in [4.69, 9.17) is 6.42 Å². The highest BCUT2D eigenvalue weighted by molar-refractivity contribution is 5.63. The first-order valence-electron chi connectivity index (χ1n) is 5.28. The summed E-state index contributed by atoms with van der Waals surface area (Å²) in [5.41, 5.74) is -0.479. The van der Waals surface area contributed by atoms with Gasteiger partial charge in [-0.1, -0.05) is 5.92 Å². The van der Waals surface area contributed by atoms with Crippen LogP contribution in [-0.2, 0) is 13.1 Å². The van der Waals surface area contributed by atoms with Crippen LogP contribution in [0.3, 0.4) is 0 Å². The monoisotopic (exact) mass is 236 g/mol. The molecule has 1 aromatic rings. The molecule has 0 fully saturated rings. The summed E-state index contributed by atoms with van der Waals surface area (Å²) >= 11 is 0. The van der Waals surface area contributed by atoms with Crippen LogP contribution >= 0.6 is 0 Å². The fraction of sp³-hybridized carbons (Fsp3) is 0.455. The van der Waals surface area contributed by atoms with Crippen LogP contribution in [0.25, 0.3) is 0 Å². The van der Waals surface area contributed by atoms with Crippen LogP contribution in [-0.4, -0.2) is 23.2 Å². The highest BCUT2D eigenvalue weighted by Crippen LogP contribution is 2.13. The van der Waals surface area contributed by atoms with E-state index < -0.39 is 11.2 Å². The number of nitrogens with one attached hydrogen (secondary N) is 2. The molecule has 0 amide bonds. The fourth-order valence-electron chi connectivity index (χ4n) is 1.71. The maximum Gasteiger partial charge on any atom is 0.333 e. The van der Waals surface area contributed by atoms with E-state index in [2.05, 4.69) is 16.6 Å². The molecule has 92 valence electrons. The number of hydrogen-bond donors (Lipinski definition) is 2. The van der Waals surface area contributed by atoms with Crippen molar-refractivity contribution in [2.45, 2.75) is 20.0 Å². The van der Waals surface area contributed by atoms with E-state index in [1.165, 1.54) is 4.57 Å². The molecule has 0 aliphatic carbocycles. The predicted molar refractivity (Wildman–Crippen MR) is 68.6 cm³/mol. The first-order chi connectivity index (χ1) is 8.12. The molecule has 0 atom stereocenters. The van der Waals surface area contributed by atoms with Crippen molar-refractivity contribution in [1.29, 1.82) is 0 Å². The highest BCUT2D eigenvalue weighted by Gasteiger charge is 2.15. The van der Waals surface area contributed by atoms with Gasteiger partial charge in [-0.15, -0.1) is 6.42 Å². The fourth-order valence-corrected chi connectivity index (χ4v) is 1.71. The minimum absolute atomic E-state index is 0.0314. The van der Waals surface area contributed by atoms with Crippen molar-refractivity contribution in [1.82, 2.24) is 9.13 Å². The number of nitrogens with zero attached hydrogens (tertiary/aromatic N) is 2. The van der Waals surface area contributed by atoms with Crippen LogP contribution in [0, 0.1) is 12.3 Å². The smallest absolute Gasteiger partial charge is 0.333 e. The van der Waals surface area contributed by atoms with E-state index in [1.807, 2.05) is 6.92 Å². The summed E-state index contributed by atoms with van der Waals surface area (Å²) < 4.78 is 2.50. The molecule has 0 spiro atoms. The van der Waals surface area contributed by atoms with Crippen LogP contribution in [0.1, 0.15) is 6.92 Å². The van der Waals surface area contributed by atoms with Gasteiger partial charge in [-0.3, -0.25) is 9.36 Å². The average Bonchev–Trinajstić information content (AvgIpc) is 2.33. The molecule has 0 aliphatic heterocycles. The molecular weight excluding hydrogens is 220 g/mol. The van der Waals surface area contributed by atoms with Gasteiger partial charge in [-0.05, 0) is 6.92 Å². The summed E-state index contributed by atoms with van der Waals surface area (Å²) in [4.78, 5) is 24.0. The van der Waals surface area contributed by atoms with Crippen LogP contribution in [0.4, 0.5) is 11.5 Å². The standard InChI is InChI=1S/C11H16N4O2/c1-5-7-15-10(16)8(12-3)9(13-4)14(6-2)11(15)17/h1,12-13H,6-7H2,2-4H3. The van der Waals surface area contributed by atoms with Gasteiger partial charge in [0.2, 0.25) is 0 Å². The van der Waals surface area contributed by atoms with Gasteiger partial charge >= 0.3 is 5.69 Å². The molecule has 17 heavy (non-hydrogen) atoms. The summed E-state index contributed by atoms with van der Waals surface area (Å²) in [6.07, 6.45) is 5.16. The molecule has 2 N–H and O–H groups in total. The lowest BCUT2D eigenvalue weighted by Crippen LogP contribution is -2.41. The lowest BCUT2D eigenvalue weighted by Gasteiger charge is -2.16. The summed E-state index contributed by atoms with van der Waals surface area (Å²) in [5, 5.41) is 5.64. The Morgan fingerprint density at radius 3 is 2.29 bits per heavy atom. The summed E-state index contributed by atoms with van der Waals surface area (Å²) in [5.74, 6) is 2.78. The predicted octanol–water partition coefficient (Wildman–Crippen LogP) is -0.254. The number of anilines is 2. The van der Waals surface area contributed by atoms with Gasteiger partial charge in [0.1, 0.15) is 11.5 Å². The maximum atomic E-state index is 12.0. The average molecular weight is 236 g/mol. The van der Waals surface area contributed by atoms with Gasteiger partial charge in [-0.2, -0.15) is 0 Å². The zero-order valence-electron chi connectivity index (χ0n) is 10.2. The zero-order valence-corrected chi connectivity index (χ0v) is 10.2. The molecule has 1 heterocycles. The van der Waals surface area contributed by atoms with Crippen molar-refractivity contribution in [3.63, 3.8) is 0 Å². The largest absolute Gasteiger partial charge is 0.381 e. The van der Waals surface area contributed by atoms with Crippen LogP contribution in [0.5, 0.6) is 0 Å². The van der Waals surface area contributed by atoms with E-state index in [-0.39, 0.29) is 6.54 Å². The van der Waals surface area contributed by atoms with Crippen molar-refractivity contribution in [2.24, 2.45) is 0 Å². The SMILES string of the molecule is C#CCn1c(=O)c(NC)c(NC)n(CC)c1=O. The minimum atomic E-state index is -0.412. The van der Waals surface area contributed by atoms with Gasteiger partial charge < -0.3 is 10.6 Å². The molecule has 1 aromatic heterocycles. The molecule has 6 heteroatoms. The summed E-state index contributed by atoms with van der Waals surface area (Å²) in [6, 6.07) is 0. The van der Waals surface area contributed by atoms with Crippen molar-refractivity contribution < 1.29 is 0 Å². The first-order valence-corrected chi connectivity index (χ1v) is 5.28. The lowest BCUT2D eigenvalue weighted by molar-refractivity contribution is 0.620. The zero-order chi connectivity index (χ0) is 13.0. The third-order valence-electron chi connectivity index (χ3n) is 2.48. The quantitative estimate of drug-likeness (QED) is 0.707. The Morgan fingerprint density at radius 1 is 1.24 bits per heavy atom. The Kier molecular flexibility index (Phi) is 3.99. The molecule has 0 saturated carbocycles. The Morgan fingerprint density at radius 2 is 1.88 bits per heavy atom. The van der Waals surface area contributed by atoms with E-state index in [9.17, 15) is 9.59 Å². The van der Waals surface area contributed by atoms with Crippen molar-refractivity contribution in [3.05, 3.63) is 20.8 Å². The molecule has 0 radical (unpaired) electrons. The molecule has 0 bridgehead atoms. The molecular formula is C11H16N4O2. The van der Waals surface area contributed by atoms with E-state index in [0.717, 1.165) is 4.57 Å². The third kappa shape index (κ3) is 2.04. The van der Waals surface area contributed by atoms with E-state index in [0.29, 0.717) is 18.1 Å². The Balaban J connectivity index is 3.75. The minimum Gasteiger partial charge on any atom is -0.381 e. The molecule has 0 aromatic carbocycles. The van der Waals surface area contributed by atoms with Crippen LogP contribution in [0.2, 0.25) is 0 Å². The molecule has 0 saturated heterocycles. The Hall–Kier alpha value is -2.16. The number of aromatic nitrogens is 2. The lowest BCUT2D eigenvalue weighted by atomic mass is 10.4. The summed E-state index contributed by atoms with van der Waals surface area (Å²) in [6.45, 7) is 2.25. The second kappa shape index (κ2) is 5.25. The molecule has 1 rings (SSSR count). The van der Waals surface area contributed by atoms with Crippen molar-refractivity contribution in [3.8, 4) is 12.3 Å². The topological polar surface area (TPSA) is 68.1 Å². The second-order valence-corrected chi connectivity index (χ2v) is 3.35.